The minimum atomic E-state index is -0.941. The third kappa shape index (κ3) is 5.18. The second-order valence-corrected chi connectivity index (χ2v) is 17.5. The van der Waals surface area contributed by atoms with Crippen LogP contribution in [0.1, 0.15) is 0 Å². The fourth-order valence-corrected chi connectivity index (χ4v) is 12.8. The highest BCUT2D eigenvalue weighted by Crippen LogP contribution is 2.48. The normalized spacial score (nSPS) is 11.8. The Morgan fingerprint density at radius 1 is 0.269 bits per heavy atom. The minimum absolute atomic E-state index is 0.941. The molecule has 0 unspecified atom stereocenters. The molecule has 10 aromatic rings. The van der Waals surface area contributed by atoms with Crippen molar-refractivity contribution in [2.24, 2.45) is 0 Å². The highest BCUT2D eigenvalue weighted by molar-refractivity contribution is 7.80. The van der Waals surface area contributed by atoms with E-state index >= 15 is 0 Å². The standard InChI is InChI=1S/C48H34N2P2/c1-5-17-33(18-6-1)51(34-19-7-2-8-20-34)43-31-29-41-45(37-25-13-15-27-39(37)49-41)47(43)48-44(32-30-42-46(48)38-26-14-16-28-40(38)50-42)52(35-21-9-3-10-22-35)36-23-11-4-12-24-36/h1-32,49-50H. The number of H-pyrrole nitrogens is 2. The summed E-state index contributed by atoms with van der Waals surface area (Å²) in [6.07, 6.45) is 0. The number of fused-ring (bicyclic) bond motifs is 6. The molecule has 0 saturated heterocycles. The maximum Gasteiger partial charge on any atom is 0.0471 e. The fraction of sp³-hybridized carbons (Fsp3) is 0. The number of benzene rings is 8. The van der Waals surface area contributed by atoms with Gasteiger partial charge in [-0.05, 0) is 71.9 Å². The smallest absolute Gasteiger partial charge is 0.0471 e. The number of aromatic nitrogens is 2. The second kappa shape index (κ2) is 13.1. The predicted molar refractivity (Wildman–Crippen MR) is 228 cm³/mol. The van der Waals surface area contributed by atoms with Crippen LogP contribution in [-0.2, 0) is 0 Å². The number of para-hydroxylation sites is 2. The Bertz CT molecular complexity index is 2570. The lowest BCUT2D eigenvalue weighted by Gasteiger charge is -2.27. The van der Waals surface area contributed by atoms with Gasteiger partial charge in [-0.2, -0.15) is 0 Å². The number of hydrogen-bond acceptors (Lipinski definition) is 0. The van der Waals surface area contributed by atoms with Gasteiger partial charge in [-0.25, -0.2) is 0 Å². The summed E-state index contributed by atoms with van der Waals surface area (Å²) in [6, 6.07) is 71.7. The van der Waals surface area contributed by atoms with Crippen molar-refractivity contribution < 1.29 is 0 Å². The molecule has 0 spiro atoms. The van der Waals surface area contributed by atoms with Crippen LogP contribution < -0.4 is 31.8 Å². The molecule has 8 aromatic carbocycles. The summed E-state index contributed by atoms with van der Waals surface area (Å²) in [5, 5.41) is 13.1. The molecule has 0 atom stereocenters. The largest absolute Gasteiger partial charge is 0.354 e. The quantitative estimate of drug-likeness (QED) is 0.155. The van der Waals surface area contributed by atoms with Crippen LogP contribution in [0.5, 0.6) is 0 Å². The van der Waals surface area contributed by atoms with Crippen LogP contribution in [0.3, 0.4) is 0 Å². The van der Waals surface area contributed by atoms with Gasteiger partial charge in [0.15, 0.2) is 0 Å². The Balaban J connectivity index is 1.43. The third-order valence-corrected chi connectivity index (χ3v) is 15.1. The van der Waals surface area contributed by atoms with Crippen molar-refractivity contribution in [2.45, 2.75) is 0 Å². The Morgan fingerprint density at radius 3 is 0.923 bits per heavy atom. The van der Waals surface area contributed by atoms with Crippen molar-refractivity contribution in [3.05, 3.63) is 194 Å². The topological polar surface area (TPSA) is 31.6 Å². The summed E-state index contributed by atoms with van der Waals surface area (Å²) in [7, 11) is -1.88. The molecular formula is C48H34N2P2. The molecule has 0 fully saturated rings. The van der Waals surface area contributed by atoms with Crippen molar-refractivity contribution in [2.75, 3.05) is 0 Å². The summed E-state index contributed by atoms with van der Waals surface area (Å²) in [4.78, 5) is 7.66. The molecule has 2 N–H and O–H groups in total. The van der Waals surface area contributed by atoms with E-state index in [9.17, 15) is 0 Å². The summed E-state index contributed by atoms with van der Waals surface area (Å²) in [5.74, 6) is 0. The van der Waals surface area contributed by atoms with Gasteiger partial charge >= 0.3 is 0 Å². The molecule has 2 heterocycles. The van der Waals surface area contributed by atoms with Gasteiger partial charge in [0, 0.05) is 54.7 Å². The lowest BCUT2D eigenvalue weighted by atomic mass is 9.95. The molecule has 0 radical (unpaired) electrons. The maximum atomic E-state index is 3.83. The van der Waals surface area contributed by atoms with Crippen molar-refractivity contribution in [1.29, 1.82) is 0 Å². The van der Waals surface area contributed by atoms with E-state index in [1.165, 1.54) is 64.5 Å². The molecule has 10 rings (SSSR count). The van der Waals surface area contributed by atoms with Crippen LogP contribution in [0.4, 0.5) is 0 Å². The van der Waals surface area contributed by atoms with E-state index in [4.69, 9.17) is 0 Å². The number of hydrogen-bond donors (Lipinski definition) is 2. The molecule has 246 valence electrons. The lowest BCUT2D eigenvalue weighted by Crippen LogP contribution is -2.26. The van der Waals surface area contributed by atoms with Gasteiger partial charge in [-0.3, -0.25) is 0 Å². The first-order valence-electron chi connectivity index (χ1n) is 17.7. The third-order valence-electron chi connectivity index (χ3n) is 10.1. The summed E-state index contributed by atoms with van der Waals surface area (Å²) < 4.78 is 0. The van der Waals surface area contributed by atoms with Gasteiger partial charge in [0.25, 0.3) is 0 Å². The molecule has 0 aliphatic heterocycles. The zero-order valence-corrected chi connectivity index (χ0v) is 30.2. The Kier molecular flexibility index (Phi) is 7.80. The average molecular weight is 701 g/mol. The highest BCUT2D eigenvalue weighted by Gasteiger charge is 2.30. The van der Waals surface area contributed by atoms with Gasteiger partial charge in [-0.1, -0.05) is 170 Å². The van der Waals surface area contributed by atoms with Crippen LogP contribution >= 0.6 is 15.8 Å². The summed E-state index contributed by atoms with van der Waals surface area (Å²) in [6.45, 7) is 0. The first-order valence-corrected chi connectivity index (χ1v) is 20.4. The first-order chi connectivity index (χ1) is 25.8. The molecule has 0 aliphatic rings. The Labute approximate surface area is 305 Å². The molecule has 0 bridgehead atoms. The lowest BCUT2D eigenvalue weighted by molar-refractivity contribution is 1.55. The van der Waals surface area contributed by atoms with Crippen molar-refractivity contribution in [1.82, 2.24) is 9.97 Å². The molecule has 0 saturated carbocycles. The Morgan fingerprint density at radius 2 is 0.577 bits per heavy atom. The van der Waals surface area contributed by atoms with Crippen molar-refractivity contribution >= 4 is 91.3 Å². The molecule has 2 nitrogen and oxygen atoms in total. The number of aromatic amines is 2. The average Bonchev–Trinajstić information content (AvgIpc) is 3.79. The zero-order valence-electron chi connectivity index (χ0n) is 28.4. The van der Waals surface area contributed by atoms with E-state index in [1.807, 2.05) is 0 Å². The molecule has 0 amide bonds. The van der Waals surface area contributed by atoms with Crippen LogP contribution in [-0.4, -0.2) is 9.97 Å². The van der Waals surface area contributed by atoms with Crippen LogP contribution in [0.15, 0.2) is 194 Å². The molecule has 2 aromatic heterocycles. The number of rotatable bonds is 7. The number of nitrogens with one attached hydrogen (secondary N) is 2. The second-order valence-electron chi connectivity index (χ2n) is 13.1. The van der Waals surface area contributed by atoms with Gasteiger partial charge < -0.3 is 9.97 Å². The maximum absolute atomic E-state index is 3.83. The van der Waals surface area contributed by atoms with Gasteiger partial charge in [0.1, 0.15) is 0 Å². The van der Waals surface area contributed by atoms with Crippen molar-refractivity contribution in [3.63, 3.8) is 0 Å². The fourth-order valence-electron chi connectivity index (χ4n) is 7.90. The van der Waals surface area contributed by atoms with Crippen LogP contribution in [0.2, 0.25) is 0 Å². The van der Waals surface area contributed by atoms with E-state index in [-0.39, 0.29) is 0 Å². The van der Waals surface area contributed by atoms with Gasteiger partial charge in [0.05, 0.1) is 0 Å². The highest BCUT2D eigenvalue weighted by atomic mass is 31.1. The molecule has 52 heavy (non-hydrogen) atoms. The summed E-state index contributed by atoms with van der Waals surface area (Å²) >= 11 is 0. The SMILES string of the molecule is c1ccc(P(c2ccccc2)c2ccc3[nH]c4ccccc4c3c2-c2c(P(c3ccccc3)c3ccccc3)ccc3[nH]c4ccccc4c23)cc1. The van der Waals surface area contributed by atoms with E-state index < -0.39 is 15.8 Å². The van der Waals surface area contributed by atoms with Gasteiger partial charge in [-0.15, -0.1) is 0 Å². The summed E-state index contributed by atoms with van der Waals surface area (Å²) in [5.41, 5.74) is 7.25. The monoisotopic (exact) mass is 700 g/mol. The first kappa shape index (κ1) is 31.0. The van der Waals surface area contributed by atoms with Crippen LogP contribution in [0, 0.1) is 0 Å². The van der Waals surface area contributed by atoms with E-state index in [0.29, 0.717) is 0 Å². The molecule has 0 aliphatic carbocycles. The van der Waals surface area contributed by atoms with E-state index in [0.717, 1.165) is 22.1 Å². The van der Waals surface area contributed by atoms with Gasteiger partial charge in [0.2, 0.25) is 0 Å². The molecule has 4 heteroatoms. The molecular weight excluding hydrogens is 666 g/mol. The van der Waals surface area contributed by atoms with E-state index in [2.05, 4.69) is 204 Å². The Hall–Kier alpha value is -5.78. The van der Waals surface area contributed by atoms with Crippen LogP contribution in [0.25, 0.3) is 54.7 Å². The van der Waals surface area contributed by atoms with E-state index in [1.54, 1.807) is 0 Å². The minimum Gasteiger partial charge on any atom is -0.354 e. The predicted octanol–water partition coefficient (Wildman–Crippen LogP) is 10.1. The van der Waals surface area contributed by atoms with Crippen molar-refractivity contribution in [3.8, 4) is 11.1 Å². The zero-order chi connectivity index (χ0) is 34.4.